The van der Waals surface area contributed by atoms with Crippen molar-refractivity contribution in [2.75, 3.05) is 19.8 Å². The van der Waals surface area contributed by atoms with Crippen molar-refractivity contribution in [2.45, 2.75) is 99.0 Å². The molecule has 3 fully saturated rings. The fourth-order valence-corrected chi connectivity index (χ4v) is 4.46. The van der Waals surface area contributed by atoms with Gasteiger partial charge in [-0.1, -0.05) is 0 Å². The summed E-state index contributed by atoms with van der Waals surface area (Å²) < 4.78 is 26.8. The molecule has 11 N–H and O–H groups in total. The number of aliphatic hydroxyl groups excluding tert-OH is 10. The first-order valence-corrected chi connectivity index (χ1v) is 11.6. The number of rotatable bonds is 8. The minimum atomic E-state index is -1.94. The molecule has 3 rings (SSSR count). The topological polar surface area (TPSA) is 278 Å². The molecule has 1 unspecified atom stereocenters. The van der Waals surface area contributed by atoms with Crippen LogP contribution in [0.5, 0.6) is 0 Å². The van der Waals surface area contributed by atoms with E-state index in [1.54, 1.807) is 0 Å². The maximum atomic E-state index is 11.6. The lowest BCUT2D eigenvalue weighted by atomic mass is 9.95. The van der Waals surface area contributed by atoms with Gasteiger partial charge in [0.2, 0.25) is 5.91 Å². The van der Waals surface area contributed by atoms with E-state index >= 15 is 0 Å². The highest BCUT2D eigenvalue weighted by atomic mass is 16.7. The van der Waals surface area contributed by atoms with Gasteiger partial charge in [-0.15, -0.1) is 0 Å². The zero-order chi connectivity index (χ0) is 27.6. The SMILES string of the molecule is CC(=O)N[C@H]1[C@H](O[C@@H]2[C@H](O)[C@@H](O)[C@@H](O[C@H]3[C@@H](O)[C@@H](CO)OC(O)[C@@H]3O)O[C@@H]2CO)O[C@H](CO)[C@@H](O)[C@@H]1O. The monoisotopic (exact) mass is 545 g/mol. The summed E-state index contributed by atoms with van der Waals surface area (Å²) in [6, 6.07) is -1.39. The molecule has 0 aromatic carbocycles. The summed E-state index contributed by atoms with van der Waals surface area (Å²) in [6.07, 6.45) is -23.3. The van der Waals surface area contributed by atoms with Gasteiger partial charge in [0.25, 0.3) is 0 Å². The molecule has 0 aromatic rings. The maximum absolute atomic E-state index is 11.6. The zero-order valence-corrected chi connectivity index (χ0v) is 19.7. The molecule has 0 bridgehead atoms. The molecule has 0 aliphatic carbocycles. The van der Waals surface area contributed by atoms with Crippen LogP contribution in [0.25, 0.3) is 0 Å². The number of hydrogen-bond donors (Lipinski definition) is 11. The van der Waals surface area contributed by atoms with Crippen LogP contribution in [0.2, 0.25) is 0 Å². The van der Waals surface area contributed by atoms with Crippen molar-refractivity contribution >= 4 is 5.91 Å². The maximum Gasteiger partial charge on any atom is 0.217 e. The second kappa shape index (κ2) is 12.8. The first-order chi connectivity index (χ1) is 17.4. The summed E-state index contributed by atoms with van der Waals surface area (Å²) in [6.45, 7) is -1.20. The minimum absolute atomic E-state index is 0.638. The highest BCUT2D eigenvalue weighted by Crippen LogP contribution is 2.32. The van der Waals surface area contributed by atoms with Crippen LogP contribution in [0.15, 0.2) is 0 Å². The van der Waals surface area contributed by atoms with Crippen molar-refractivity contribution in [2.24, 2.45) is 0 Å². The number of carbonyl (C=O) groups is 1. The molecular formula is C20H35NO16. The third-order valence-corrected chi connectivity index (χ3v) is 6.49. The normalized spacial score (nSPS) is 49.0. The van der Waals surface area contributed by atoms with Gasteiger partial charge in [0.15, 0.2) is 18.9 Å². The molecule has 3 heterocycles. The van der Waals surface area contributed by atoms with Crippen LogP contribution in [0.1, 0.15) is 6.92 Å². The Bertz CT molecular complexity index is 745. The van der Waals surface area contributed by atoms with Gasteiger partial charge in [0.05, 0.1) is 19.8 Å². The highest BCUT2D eigenvalue weighted by molar-refractivity contribution is 5.73. The summed E-state index contributed by atoms with van der Waals surface area (Å²) in [5.74, 6) is -0.638. The standard InChI is InChI=1S/C20H35NO16/c1-5(25)21-9-12(28)10(26)6(2-22)34-19(9)36-16-8(4-24)35-20(14(30)13(16)29)37-17-11(27)7(3-23)33-18(32)15(17)31/h6-20,22-24,26-32H,2-4H2,1H3,(H,21,25)/t6-,7-,8-,9-,10-,11+,12-,13-,14-,15-,16+,17+,18?,19+,20-/m1/s1. The Balaban J connectivity index is 1.77. The third kappa shape index (κ3) is 6.38. The van der Waals surface area contributed by atoms with Gasteiger partial charge in [-0.2, -0.15) is 0 Å². The number of hydrogen-bond acceptors (Lipinski definition) is 16. The molecule has 17 heteroatoms. The van der Waals surface area contributed by atoms with Crippen LogP contribution in [0, 0.1) is 0 Å². The van der Waals surface area contributed by atoms with Gasteiger partial charge in [0.1, 0.15) is 73.2 Å². The average Bonchev–Trinajstić information content (AvgIpc) is 2.87. The summed E-state index contributed by atoms with van der Waals surface area (Å²) in [4.78, 5) is 11.6. The van der Waals surface area contributed by atoms with E-state index in [0.29, 0.717) is 0 Å². The number of carbonyl (C=O) groups excluding carboxylic acids is 1. The van der Waals surface area contributed by atoms with E-state index in [2.05, 4.69) is 5.32 Å². The van der Waals surface area contributed by atoms with Crippen LogP contribution >= 0.6 is 0 Å². The van der Waals surface area contributed by atoms with Crippen LogP contribution in [-0.4, -0.2) is 169 Å². The molecule has 37 heavy (non-hydrogen) atoms. The predicted octanol–water partition coefficient (Wildman–Crippen LogP) is -7.43. The smallest absolute Gasteiger partial charge is 0.217 e. The van der Waals surface area contributed by atoms with E-state index in [-0.39, 0.29) is 0 Å². The molecule has 3 saturated heterocycles. The molecule has 0 aromatic heterocycles. The van der Waals surface area contributed by atoms with Crippen molar-refractivity contribution < 1.29 is 79.5 Å². The Morgan fingerprint density at radius 3 is 1.76 bits per heavy atom. The Kier molecular flexibility index (Phi) is 10.5. The first-order valence-electron chi connectivity index (χ1n) is 11.6. The van der Waals surface area contributed by atoms with Crippen molar-refractivity contribution in [1.29, 1.82) is 0 Å². The Labute approximate surface area is 210 Å². The zero-order valence-electron chi connectivity index (χ0n) is 19.7. The largest absolute Gasteiger partial charge is 0.394 e. The first kappa shape index (κ1) is 30.4. The average molecular weight is 545 g/mol. The van der Waals surface area contributed by atoms with E-state index in [1.165, 1.54) is 0 Å². The Morgan fingerprint density at radius 2 is 1.19 bits per heavy atom. The number of amides is 1. The molecule has 0 radical (unpaired) electrons. The van der Waals surface area contributed by atoms with Gasteiger partial charge < -0.3 is 80.1 Å². The second-order valence-electron chi connectivity index (χ2n) is 9.07. The lowest BCUT2D eigenvalue weighted by Gasteiger charge is -2.48. The molecule has 0 spiro atoms. The van der Waals surface area contributed by atoms with Crippen molar-refractivity contribution in [1.82, 2.24) is 5.32 Å². The van der Waals surface area contributed by atoms with Gasteiger partial charge in [-0.25, -0.2) is 0 Å². The van der Waals surface area contributed by atoms with Crippen LogP contribution in [0.4, 0.5) is 0 Å². The van der Waals surface area contributed by atoms with Crippen LogP contribution < -0.4 is 5.32 Å². The summed E-state index contributed by atoms with van der Waals surface area (Å²) in [5, 5.41) is 103. The number of aliphatic hydroxyl groups is 10. The molecule has 3 aliphatic rings. The molecule has 17 nitrogen and oxygen atoms in total. The van der Waals surface area contributed by atoms with Crippen molar-refractivity contribution in [3.05, 3.63) is 0 Å². The fraction of sp³-hybridized carbons (Fsp3) is 0.950. The van der Waals surface area contributed by atoms with E-state index in [0.717, 1.165) is 6.92 Å². The fourth-order valence-electron chi connectivity index (χ4n) is 4.46. The van der Waals surface area contributed by atoms with Gasteiger partial charge >= 0.3 is 0 Å². The summed E-state index contributed by atoms with van der Waals surface area (Å²) >= 11 is 0. The molecular weight excluding hydrogens is 510 g/mol. The van der Waals surface area contributed by atoms with E-state index in [1.807, 2.05) is 0 Å². The van der Waals surface area contributed by atoms with Gasteiger partial charge in [-0.05, 0) is 0 Å². The Morgan fingerprint density at radius 1 is 0.649 bits per heavy atom. The molecule has 15 atom stereocenters. The quantitative estimate of drug-likeness (QED) is 0.135. The molecule has 216 valence electrons. The lowest BCUT2D eigenvalue weighted by molar-refractivity contribution is -0.372. The molecule has 3 aliphatic heterocycles. The van der Waals surface area contributed by atoms with Crippen LogP contribution in [0.3, 0.4) is 0 Å². The molecule has 1 amide bonds. The van der Waals surface area contributed by atoms with Gasteiger partial charge in [0, 0.05) is 6.92 Å². The van der Waals surface area contributed by atoms with Crippen molar-refractivity contribution in [3.63, 3.8) is 0 Å². The molecule has 0 saturated carbocycles. The predicted molar refractivity (Wildman–Crippen MR) is 113 cm³/mol. The van der Waals surface area contributed by atoms with E-state index in [4.69, 9.17) is 23.7 Å². The van der Waals surface area contributed by atoms with E-state index in [9.17, 15) is 55.9 Å². The van der Waals surface area contributed by atoms with Crippen LogP contribution in [-0.2, 0) is 28.5 Å². The Hall–Kier alpha value is -1.13. The second-order valence-corrected chi connectivity index (χ2v) is 9.07. The summed E-state index contributed by atoms with van der Waals surface area (Å²) in [5.41, 5.74) is 0. The lowest BCUT2D eigenvalue weighted by Crippen LogP contribution is -2.68. The summed E-state index contributed by atoms with van der Waals surface area (Å²) in [7, 11) is 0. The third-order valence-electron chi connectivity index (χ3n) is 6.49. The minimum Gasteiger partial charge on any atom is -0.394 e. The van der Waals surface area contributed by atoms with Gasteiger partial charge in [-0.3, -0.25) is 4.79 Å². The number of ether oxygens (including phenoxy) is 5. The number of nitrogens with one attached hydrogen (secondary N) is 1. The van der Waals surface area contributed by atoms with E-state index < -0.39 is 118 Å². The highest BCUT2D eigenvalue weighted by Gasteiger charge is 2.53. The van der Waals surface area contributed by atoms with Crippen molar-refractivity contribution in [3.8, 4) is 0 Å².